The molecular weight excluding hydrogens is 218 g/mol. The van der Waals surface area contributed by atoms with Crippen molar-refractivity contribution >= 4 is 17.0 Å². The van der Waals surface area contributed by atoms with Crippen molar-refractivity contribution in [2.45, 2.75) is 19.4 Å². The summed E-state index contributed by atoms with van der Waals surface area (Å²) in [6.07, 6.45) is 0.576. The lowest BCUT2D eigenvalue weighted by molar-refractivity contribution is -0.140. The average molecular weight is 233 g/mol. The lowest BCUT2D eigenvalue weighted by Crippen LogP contribution is -2.19. The van der Waals surface area contributed by atoms with Crippen molar-refractivity contribution in [3.63, 3.8) is 0 Å². The fourth-order valence-corrected chi connectivity index (χ4v) is 1.94. The molecule has 5 nitrogen and oxygen atoms in total. The van der Waals surface area contributed by atoms with Crippen LogP contribution >= 0.6 is 0 Å². The number of aliphatic carboxylic acids is 1. The second-order valence-corrected chi connectivity index (χ2v) is 3.94. The van der Waals surface area contributed by atoms with Gasteiger partial charge in [-0.3, -0.25) is 0 Å². The first-order valence-electron chi connectivity index (χ1n) is 5.54. The first-order chi connectivity index (χ1) is 8.15. The van der Waals surface area contributed by atoms with Crippen LogP contribution in [0, 0.1) is 0 Å². The summed E-state index contributed by atoms with van der Waals surface area (Å²) < 4.78 is 1.74. The van der Waals surface area contributed by atoms with E-state index in [1.54, 1.807) is 11.5 Å². The number of aromatic nitrogens is 2. The molecule has 0 aliphatic heterocycles. The van der Waals surface area contributed by atoms with Crippen LogP contribution in [-0.4, -0.2) is 27.2 Å². The van der Waals surface area contributed by atoms with Gasteiger partial charge in [-0.2, -0.15) is 0 Å². The van der Waals surface area contributed by atoms with Gasteiger partial charge >= 0.3 is 5.97 Å². The maximum atomic E-state index is 11.1. The van der Waals surface area contributed by atoms with E-state index in [1.807, 2.05) is 24.3 Å². The molecule has 0 saturated heterocycles. The second kappa shape index (κ2) is 4.55. The Bertz CT molecular complexity index is 548. The zero-order chi connectivity index (χ0) is 12.4. The first-order valence-corrected chi connectivity index (χ1v) is 5.54. The zero-order valence-electron chi connectivity index (χ0n) is 9.63. The summed E-state index contributed by atoms with van der Waals surface area (Å²) in [6, 6.07) is 6.88. The van der Waals surface area contributed by atoms with Crippen LogP contribution in [0.3, 0.4) is 0 Å². The quantitative estimate of drug-likeness (QED) is 0.831. The number of fused-ring (bicyclic) bond motifs is 1. The minimum Gasteiger partial charge on any atom is -0.480 e. The number of nitrogens with zero attached hydrogens (tertiary/aromatic N) is 2. The van der Waals surface area contributed by atoms with E-state index in [9.17, 15) is 4.79 Å². The molecule has 1 aromatic carbocycles. The molecule has 0 amide bonds. The van der Waals surface area contributed by atoms with Crippen LogP contribution in [-0.2, 0) is 11.2 Å². The summed E-state index contributed by atoms with van der Waals surface area (Å²) in [7, 11) is 0. The van der Waals surface area contributed by atoms with E-state index in [1.165, 1.54) is 0 Å². The Balaban J connectivity index is 2.63. The van der Waals surface area contributed by atoms with Gasteiger partial charge in [0, 0.05) is 6.42 Å². The molecule has 0 aliphatic rings. The molecular formula is C12H15N3O2. The Morgan fingerprint density at radius 3 is 2.88 bits per heavy atom. The predicted molar refractivity (Wildman–Crippen MR) is 64.8 cm³/mol. The zero-order valence-corrected chi connectivity index (χ0v) is 9.63. The Morgan fingerprint density at radius 1 is 1.53 bits per heavy atom. The minimum atomic E-state index is -0.869. The highest BCUT2D eigenvalue weighted by Crippen LogP contribution is 2.21. The van der Waals surface area contributed by atoms with E-state index in [-0.39, 0.29) is 0 Å². The van der Waals surface area contributed by atoms with E-state index in [4.69, 9.17) is 10.8 Å². The van der Waals surface area contributed by atoms with Crippen LogP contribution in [0.25, 0.3) is 11.0 Å². The number of imidazole rings is 1. The smallest absolute Gasteiger partial charge is 0.326 e. The minimum absolute atomic E-state index is 0.454. The van der Waals surface area contributed by atoms with Crippen LogP contribution in [0.15, 0.2) is 24.3 Å². The van der Waals surface area contributed by atoms with Crippen molar-refractivity contribution in [2.75, 3.05) is 6.54 Å². The highest BCUT2D eigenvalue weighted by Gasteiger charge is 2.19. The van der Waals surface area contributed by atoms with Crippen LogP contribution in [0.4, 0.5) is 0 Å². The molecule has 2 aromatic rings. The Hall–Kier alpha value is -1.88. The third kappa shape index (κ3) is 2.01. The van der Waals surface area contributed by atoms with E-state index in [2.05, 4.69) is 4.98 Å². The fourth-order valence-electron chi connectivity index (χ4n) is 1.94. The molecule has 1 atom stereocenters. The third-order valence-corrected chi connectivity index (χ3v) is 2.78. The van der Waals surface area contributed by atoms with Crippen LogP contribution in [0.1, 0.15) is 18.8 Å². The van der Waals surface area contributed by atoms with Gasteiger partial charge in [0.15, 0.2) is 0 Å². The van der Waals surface area contributed by atoms with Crippen LogP contribution < -0.4 is 5.73 Å². The van der Waals surface area contributed by atoms with Crippen molar-refractivity contribution in [3.8, 4) is 0 Å². The van der Waals surface area contributed by atoms with Gasteiger partial charge in [-0.05, 0) is 25.6 Å². The monoisotopic (exact) mass is 233 g/mol. The average Bonchev–Trinajstić information content (AvgIpc) is 2.66. The molecule has 2 rings (SSSR count). The summed E-state index contributed by atoms with van der Waals surface area (Å²) in [4.78, 5) is 15.5. The lowest BCUT2D eigenvalue weighted by Gasteiger charge is -2.13. The Labute approximate surface area is 98.9 Å². The summed E-state index contributed by atoms with van der Waals surface area (Å²) in [5.41, 5.74) is 7.17. The number of hydrogen-bond acceptors (Lipinski definition) is 3. The van der Waals surface area contributed by atoms with Gasteiger partial charge in [0.2, 0.25) is 0 Å². The molecule has 1 heterocycles. The molecule has 90 valence electrons. The van der Waals surface area contributed by atoms with Crippen molar-refractivity contribution < 1.29 is 9.90 Å². The van der Waals surface area contributed by atoms with Crippen molar-refractivity contribution in [1.29, 1.82) is 0 Å². The topological polar surface area (TPSA) is 81.1 Å². The number of para-hydroxylation sites is 2. The molecule has 0 aliphatic carbocycles. The first kappa shape index (κ1) is 11.6. The van der Waals surface area contributed by atoms with Gasteiger partial charge in [0.1, 0.15) is 11.9 Å². The van der Waals surface area contributed by atoms with Gasteiger partial charge in [-0.15, -0.1) is 0 Å². The molecule has 5 heteroatoms. The predicted octanol–water partition coefficient (Wildman–Crippen LogP) is 1.18. The lowest BCUT2D eigenvalue weighted by atomic mass is 10.2. The molecule has 0 saturated carbocycles. The fraction of sp³-hybridized carbons (Fsp3) is 0.333. The van der Waals surface area contributed by atoms with Gasteiger partial charge in [0.05, 0.1) is 11.0 Å². The number of carboxylic acid groups (broad SMARTS) is 1. The number of benzene rings is 1. The number of carbonyl (C=O) groups is 1. The Kier molecular flexibility index (Phi) is 3.10. The SMILES string of the molecule is CC(C(=O)O)n1c(CCN)nc2ccccc21. The number of rotatable bonds is 4. The van der Waals surface area contributed by atoms with Crippen molar-refractivity contribution in [3.05, 3.63) is 30.1 Å². The number of carboxylic acids is 1. The largest absolute Gasteiger partial charge is 0.480 e. The van der Waals surface area contributed by atoms with E-state index in [0.29, 0.717) is 13.0 Å². The maximum absolute atomic E-state index is 11.1. The molecule has 17 heavy (non-hydrogen) atoms. The van der Waals surface area contributed by atoms with E-state index < -0.39 is 12.0 Å². The van der Waals surface area contributed by atoms with Crippen molar-refractivity contribution in [1.82, 2.24) is 9.55 Å². The van der Waals surface area contributed by atoms with Gasteiger partial charge in [0.25, 0.3) is 0 Å². The molecule has 0 bridgehead atoms. The molecule has 0 fully saturated rings. The molecule has 1 aromatic heterocycles. The van der Waals surface area contributed by atoms with Crippen molar-refractivity contribution in [2.24, 2.45) is 5.73 Å². The maximum Gasteiger partial charge on any atom is 0.326 e. The van der Waals surface area contributed by atoms with Gasteiger partial charge in [-0.25, -0.2) is 9.78 Å². The highest BCUT2D eigenvalue weighted by atomic mass is 16.4. The molecule has 3 N–H and O–H groups in total. The summed E-state index contributed by atoms with van der Waals surface area (Å²) in [5, 5.41) is 9.13. The summed E-state index contributed by atoms with van der Waals surface area (Å²) in [6.45, 7) is 2.10. The molecule has 0 radical (unpaired) electrons. The number of nitrogens with two attached hydrogens (primary N) is 1. The highest BCUT2D eigenvalue weighted by molar-refractivity contribution is 5.80. The summed E-state index contributed by atoms with van der Waals surface area (Å²) in [5.74, 6) is -0.143. The number of hydrogen-bond donors (Lipinski definition) is 2. The second-order valence-electron chi connectivity index (χ2n) is 3.94. The van der Waals surface area contributed by atoms with Gasteiger partial charge in [-0.1, -0.05) is 12.1 Å². The van der Waals surface area contributed by atoms with Gasteiger partial charge < -0.3 is 15.4 Å². The third-order valence-electron chi connectivity index (χ3n) is 2.78. The van der Waals surface area contributed by atoms with E-state index in [0.717, 1.165) is 16.9 Å². The summed E-state index contributed by atoms with van der Waals surface area (Å²) >= 11 is 0. The standard InChI is InChI=1S/C12H15N3O2/c1-8(12(16)17)15-10-5-3-2-4-9(10)14-11(15)6-7-13/h2-5,8H,6-7,13H2,1H3,(H,16,17). The Morgan fingerprint density at radius 2 is 2.24 bits per heavy atom. The molecule has 0 spiro atoms. The van der Waals surface area contributed by atoms with E-state index >= 15 is 0 Å². The van der Waals surface area contributed by atoms with Crippen LogP contribution in [0.5, 0.6) is 0 Å². The van der Waals surface area contributed by atoms with Crippen LogP contribution in [0.2, 0.25) is 0 Å². The molecule has 1 unspecified atom stereocenters. The normalized spacial score (nSPS) is 12.8.